The minimum Gasteiger partial charge on any atom is -0.494 e. The van der Waals surface area contributed by atoms with E-state index in [-0.39, 0.29) is 23.5 Å². The van der Waals surface area contributed by atoms with Crippen molar-refractivity contribution in [2.45, 2.75) is 32.0 Å². The summed E-state index contributed by atoms with van der Waals surface area (Å²) in [5, 5.41) is 7.63. The van der Waals surface area contributed by atoms with Gasteiger partial charge in [0.2, 0.25) is 11.9 Å². The highest BCUT2D eigenvalue weighted by Crippen LogP contribution is 2.37. The van der Waals surface area contributed by atoms with Crippen molar-refractivity contribution in [3.63, 3.8) is 0 Å². The molecule has 10 heteroatoms. The molecule has 1 saturated heterocycles. The van der Waals surface area contributed by atoms with E-state index in [4.69, 9.17) is 9.72 Å². The fourth-order valence-corrected chi connectivity index (χ4v) is 4.27. The Labute approximate surface area is 184 Å². The lowest BCUT2D eigenvalue weighted by Gasteiger charge is -2.36. The summed E-state index contributed by atoms with van der Waals surface area (Å²) >= 11 is 0. The quantitative estimate of drug-likeness (QED) is 0.634. The van der Waals surface area contributed by atoms with Crippen molar-refractivity contribution in [1.82, 2.24) is 19.7 Å². The van der Waals surface area contributed by atoms with E-state index >= 15 is 0 Å². The molecule has 2 aliphatic heterocycles. The fraction of sp³-hybridized carbons (Fsp3) is 0.364. The number of aromatic nitrogens is 4. The minimum atomic E-state index is -0.387. The van der Waals surface area contributed by atoms with Crippen molar-refractivity contribution in [3.8, 4) is 5.75 Å². The van der Waals surface area contributed by atoms with Crippen molar-refractivity contribution in [2.75, 3.05) is 35.8 Å². The molecule has 4 heterocycles. The molecular weight excluding hydrogens is 413 g/mol. The van der Waals surface area contributed by atoms with Crippen LogP contribution in [0.3, 0.4) is 0 Å². The van der Waals surface area contributed by atoms with Gasteiger partial charge < -0.3 is 19.9 Å². The van der Waals surface area contributed by atoms with Gasteiger partial charge in [0, 0.05) is 31.9 Å². The first-order valence-corrected chi connectivity index (χ1v) is 10.5. The third-order valence-corrected chi connectivity index (χ3v) is 5.95. The fourth-order valence-electron chi connectivity index (χ4n) is 4.27. The van der Waals surface area contributed by atoms with Crippen molar-refractivity contribution < 1.29 is 13.9 Å². The Morgan fingerprint density at radius 2 is 2.16 bits per heavy atom. The lowest BCUT2D eigenvalue weighted by molar-refractivity contribution is -0.119. The van der Waals surface area contributed by atoms with Crippen LogP contribution in [0, 0.1) is 5.82 Å². The Hall–Kier alpha value is -3.69. The molecule has 1 amide bonds. The van der Waals surface area contributed by atoms with Gasteiger partial charge in [-0.25, -0.2) is 9.37 Å². The number of amides is 1. The predicted octanol–water partition coefficient (Wildman–Crippen LogP) is 2.43. The summed E-state index contributed by atoms with van der Waals surface area (Å²) < 4.78 is 20.4. The van der Waals surface area contributed by atoms with Crippen LogP contribution in [-0.4, -0.2) is 52.4 Å². The number of hydrogen-bond acceptors (Lipinski definition) is 7. The number of carbonyl (C=O) groups excluding carboxylic acids is 1. The normalized spacial score (nSPS) is 17.3. The van der Waals surface area contributed by atoms with E-state index in [0.29, 0.717) is 19.0 Å². The first kappa shape index (κ1) is 20.2. The van der Waals surface area contributed by atoms with Gasteiger partial charge in [-0.1, -0.05) is 6.07 Å². The Morgan fingerprint density at radius 1 is 1.28 bits per heavy atom. The van der Waals surface area contributed by atoms with E-state index in [9.17, 15) is 9.18 Å². The third-order valence-electron chi connectivity index (χ3n) is 5.95. The summed E-state index contributed by atoms with van der Waals surface area (Å²) in [5.74, 6) is 1.24. The summed E-state index contributed by atoms with van der Waals surface area (Å²) in [6, 6.07) is 4.65. The number of carbonyl (C=O) groups is 1. The van der Waals surface area contributed by atoms with Crippen LogP contribution in [0.15, 0.2) is 36.8 Å². The molecular formula is C22H24FN7O2. The molecule has 2 aliphatic rings. The van der Waals surface area contributed by atoms with E-state index in [1.54, 1.807) is 41.2 Å². The summed E-state index contributed by atoms with van der Waals surface area (Å²) in [6.07, 6.45) is 7.23. The molecule has 1 aromatic carbocycles. The van der Waals surface area contributed by atoms with Crippen LogP contribution in [0.4, 0.5) is 21.8 Å². The summed E-state index contributed by atoms with van der Waals surface area (Å²) in [6.45, 7) is 1.83. The van der Waals surface area contributed by atoms with Crippen LogP contribution in [0.2, 0.25) is 0 Å². The van der Waals surface area contributed by atoms with Gasteiger partial charge in [-0.3, -0.25) is 9.48 Å². The highest BCUT2D eigenvalue weighted by molar-refractivity contribution is 6.04. The van der Waals surface area contributed by atoms with Crippen molar-refractivity contribution in [1.29, 1.82) is 0 Å². The average Bonchev–Trinajstić information content (AvgIpc) is 3.47. The van der Waals surface area contributed by atoms with Gasteiger partial charge in [-0.15, -0.1) is 0 Å². The average molecular weight is 437 g/mol. The number of rotatable bonds is 6. The predicted molar refractivity (Wildman–Crippen MR) is 117 cm³/mol. The van der Waals surface area contributed by atoms with Crippen molar-refractivity contribution in [3.05, 3.63) is 53.7 Å². The summed E-state index contributed by atoms with van der Waals surface area (Å²) in [5.41, 5.74) is 2.59. The van der Waals surface area contributed by atoms with Gasteiger partial charge >= 0.3 is 0 Å². The molecule has 0 saturated carbocycles. The Kier molecular flexibility index (Phi) is 5.12. The standard InChI is InChI=1S/C22H24FN7O2/c1-28-18-11-25-22(27-20(18)30-7-3-4-17(30)21(28)31)24-9-15-10-26-29(13-15)12-14-5-6-16(23)19(8-14)32-2/h5-6,8,10-11,13,17H,3-4,7,9,12H2,1-2H3,(H,24,25,27)/t17-/m0/s1. The number of ether oxygens (including phenoxy) is 1. The Bertz CT molecular complexity index is 1160. The zero-order chi connectivity index (χ0) is 22.2. The van der Waals surface area contributed by atoms with E-state index in [0.717, 1.165) is 42.0 Å². The SMILES string of the molecule is COc1cc(Cn2cc(CNc3ncc4c(n3)N3CCC[C@H]3C(=O)N4C)cn2)ccc1F. The molecule has 1 atom stereocenters. The van der Waals surface area contributed by atoms with E-state index in [1.165, 1.54) is 13.2 Å². The summed E-state index contributed by atoms with van der Waals surface area (Å²) in [4.78, 5) is 25.3. The first-order chi connectivity index (χ1) is 15.5. The molecule has 3 aromatic rings. The van der Waals surface area contributed by atoms with Gasteiger partial charge in [0.1, 0.15) is 11.7 Å². The highest BCUT2D eigenvalue weighted by atomic mass is 19.1. The number of nitrogens with one attached hydrogen (secondary N) is 1. The molecule has 0 bridgehead atoms. The lowest BCUT2D eigenvalue weighted by Crippen LogP contribution is -2.49. The molecule has 5 rings (SSSR count). The first-order valence-electron chi connectivity index (χ1n) is 10.5. The molecule has 1 N–H and O–H groups in total. The molecule has 0 spiro atoms. The van der Waals surface area contributed by atoms with Crippen molar-refractivity contribution in [2.24, 2.45) is 0 Å². The van der Waals surface area contributed by atoms with Crippen molar-refractivity contribution >= 4 is 23.4 Å². The third kappa shape index (κ3) is 3.61. The molecule has 32 heavy (non-hydrogen) atoms. The molecule has 1 fully saturated rings. The number of halogens is 1. The number of benzene rings is 1. The maximum absolute atomic E-state index is 13.6. The molecule has 9 nitrogen and oxygen atoms in total. The summed E-state index contributed by atoms with van der Waals surface area (Å²) in [7, 11) is 3.22. The highest BCUT2D eigenvalue weighted by Gasteiger charge is 2.40. The van der Waals surface area contributed by atoms with Crippen LogP contribution in [0.25, 0.3) is 0 Å². The van der Waals surface area contributed by atoms with Gasteiger partial charge in [-0.05, 0) is 30.5 Å². The second-order valence-corrected chi connectivity index (χ2v) is 8.02. The zero-order valence-corrected chi connectivity index (χ0v) is 18.0. The van der Waals surface area contributed by atoms with Crippen LogP contribution >= 0.6 is 0 Å². The van der Waals surface area contributed by atoms with E-state index in [2.05, 4.69) is 20.3 Å². The van der Waals surface area contributed by atoms with E-state index in [1.807, 2.05) is 6.20 Å². The minimum absolute atomic E-state index is 0.102. The number of fused-ring (bicyclic) bond motifs is 3. The molecule has 166 valence electrons. The lowest BCUT2D eigenvalue weighted by atomic mass is 10.1. The second-order valence-electron chi connectivity index (χ2n) is 8.02. The number of hydrogen-bond donors (Lipinski definition) is 1. The van der Waals surface area contributed by atoms with Gasteiger partial charge in [-0.2, -0.15) is 10.1 Å². The maximum atomic E-state index is 13.6. The molecule has 0 unspecified atom stereocenters. The van der Waals surface area contributed by atoms with Crippen LogP contribution in [0.1, 0.15) is 24.0 Å². The molecule has 0 radical (unpaired) electrons. The maximum Gasteiger partial charge on any atom is 0.249 e. The number of nitrogens with zero attached hydrogens (tertiary/aromatic N) is 6. The molecule has 2 aromatic heterocycles. The van der Waals surface area contributed by atoms with E-state index < -0.39 is 0 Å². The topological polar surface area (TPSA) is 88.4 Å². The van der Waals surface area contributed by atoms with Gasteiger partial charge in [0.25, 0.3) is 0 Å². The largest absolute Gasteiger partial charge is 0.494 e. The monoisotopic (exact) mass is 437 g/mol. The second kappa shape index (κ2) is 8.10. The number of methoxy groups -OCH3 is 1. The Balaban J connectivity index is 1.27. The number of anilines is 3. The molecule has 0 aliphatic carbocycles. The van der Waals surface area contributed by atoms with Crippen LogP contribution < -0.4 is 19.9 Å². The van der Waals surface area contributed by atoms with Crippen LogP contribution in [-0.2, 0) is 17.9 Å². The van der Waals surface area contributed by atoms with Gasteiger partial charge in [0.05, 0.1) is 26.0 Å². The zero-order valence-electron chi connectivity index (χ0n) is 18.0. The van der Waals surface area contributed by atoms with Gasteiger partial charge in [0.15, 0.2) is 17.4 Å². The Morgan fingerprint density at radius 3 is 3.00 bits per heavy atom. The smallest absolute Gasteiger partial charge is 0.249 e. The van der Waals surface area contributed by atoms with Crippen LogP contribution in [0.5, 0.6) is 5.75 Å². The number of likely N-dealkylation sites (N-methyl/N-ethyl adjacent to an activating group) is 1.